The first-order valence-electron chi connectivity index (χ1n) is 8.58. The maximum atomic E-state index is 11.6. The van der Waals surface area contributed by atoms with E-state index in [2.05, 4.69) is 13.5 Å². The molecule has 0 aromatic carbocycles. The van der Waals surface area contributed by atoms with Crippen LogP contribution in [0.2, 0.25) is 0 Å². The lowest BCUT2D eigenvalue weighted by Crippen LogP contribution is -2.21. The summed E-state index contributed by atoms with van der Waals surface area (Å²) in [6, 6.07) is 0. The number of unbranched alkanes of at least 4 members (excludes halogenated alkanes) is 8. The lowest BCUT2D eigenvalue weighted by atomic mass is 10.1. The molecule has 0 bridgehead atoms. The Bertz CT molecular complexity index is 312. The van der Waals surface area contributed by atoms with Gasteiger partial charge in [0.25, 0.3) is 0 Å². The molecule has 0 N–H and O–H groups in total. The maximum Gasteiger partial charge on any atom is 0.330 e. The summed E-state index contributed by atoms with van der Waals surface area (Å²) in [5.74, 6) is -0.716. The molecule has 0 aliphatic rings. The lowest BCUT2D eigenvalue weighted by Gasteiger charge is -2.12. The number of hydrogen-bond donors (Lipinski definition) is 0. The third kappa shape index (κ3) is 13.7. The van der Waals surface area contributed by atoms with Crippen LogP contribution in [0.1, 0.15) is 78.1 Å². The van der Waals surface area contributed by atoms with Gasteiger partial charge in [-0.25, -0.2) is 4.79 Å². The molecule has 0 rings (SSSR count). The van der Waals surface area contributed by atoms with Gasteiger partial charge in [0, 0.05) is 12.5 Å². The summed E-state index contributed by atoms with van der Waals surface area (Å²) < 4.78 is 9.98. The van der Waals surface area contributed by atoms with Gasteiger partial charge in [-0.1, -0.05) is 64.9 Å². The molecular formula is C18H32O4. The van der Waals surface area contributed by atoms with Gasteiger partial charge < -0.3 is 9.47 Å². The van der Waals surface area contributed by atoms with Crippen LogP contribution in [0.15, 0.2) is 12.7 Å². The fraction of sp³-hybridized carbons (Fsp3) is 0.778. The number of carbonyl (C=O) groups is 2. The molecule has 0 fully saturated rings. The van der Waals surface area contributed by atoms with E-state index in [1.165, 1.54) is 44.9 Å². The number of esters is 2. The molecule has 1 atom stereocenters. The average Bonchev–Trinajstić information content (AvgIpc) is 2.50. The van der Waals surface area contributed by atoms with Crippen LogP contribution in [0.3, 0.4) is 0 Å². The van der Waals surface area contributed by atoms with E-state index in [1.807, 2.05) is 0 Å². The van der Waals surface area contributed by atoms with Crippen molar-refractivity contribution in [3.8, 4) is 0 Å². The van der Waals surface area contributed by atoms with Crippen LogP contribution in [-0.2, 0) is 19.1 Å². The van der Waals surface area contributed by atoms with E-state index in [9.17, 15) is 9.59 Å². The second kappa shape index (κ2) is 14.6. The molecule has 0 aromatic heterocycles. The fourth-order valence-electron chi connectivity index (χ4n) is 2.16. The molecule has 0 spiro atoms. The number of hydrogen-bond acceptors (Lipinski definition) is 4. The van der Waals surface area contributed by atoms with Crippen molar-refractivity contribution >= 4 is 11.9 Å². The van der Waals surface area contributed by atoms with Crippen LogP contribution < -0.4 is 0 Å². The second-order valence-corrected chi connectivity index (χ2v) is 5.71. The minimum Gasteiger partial charge on any atom is -0.459 e. The number of carbonyl (C=O) groups excluding carboxylic acids is 2. The smallest absolute Gasteiger partial charge is 0.330 e. The molecule has 0 saturated heterocycles. The Labute approximate surface area is 135 Å². The molecule has 0 amide bonds. The lowest BCUT2D eigenvalue weighted by molar-refractivity contribution is -0.155. The molecule has 22 heavy (non-hydrogen) atoms. The van der Waals surface area contributed by atoms with Gasteiger partial charge in [-0.3, -0.25) is 4.79 Å². The van der Waals surface area contributed by atoms with Gasteiger partial charge >= 0.3 is 11.9 Å². The zero-order chi connectivity index (χ0) is 16.6. The number of rotatable bonds is 14. The molecule has 128 valence electrons. The van der Waals surface area contributed by atoms with Crippen LogP contribution in [-0.4, -0.2) is 24.6 Å². The summed E-state index contributed by atoms with van der Waals surface area (Å²) in [6.07, 6.45) is 12.1. The van der Waals surface area contributed by atoms with Crippen LogP contribution in [0.25, 0.3) is 0 Å². The summed E-state index contributed by atoms with van der Waals surface area (Å²) >= 11 is 0. The average molecular weight is 312 g/mol. The maximum absolute atomic E-state index is 11.6. The van der Waals surface area contributed by atoms with Crippen molar-refractivity contribution in [2.24, 2.45) is 0 Å². The molecule has 0 radical (unpaired) electrons. The highest BCUT2D eigenvalue weighted by Crippen LogP contribution is 2.11. The Hall–Kier alpha value is -1.32. The summed E-state index contributed by atoms with van der Waals surface area (Å²) in [4.78, 5) is 22.5. The van der Waals surface area contributed by atoms with Gasteiger partial charge in [-0.05, 0) is 13.3 Å². The molecule has 0 aromatic rings. The first kappa shape index (κ1) is 20.7. The van der Waals surface area contributed by atoms with Crippen molar-refractivity contribution in [3.05, 3.63) is 12.7 Å². The standard InChI is InChI=1S/C18H32O4/c1-4-6-7-8-9-10-11-12-13-14-18(20)22-16(3)15-21-17(19)5-2/h5,16H,2,4,6-15H2,1,3H3. The first-order chi connectivity index (χ1) is 10.6. The van der Waals surface area contributed by atoms with Crippen LogP contribution in [0, 0.1) is 0 Å². The normalized spacial score (nSPS) is 11.7. The largest absolute Gasteiger partial charge is 0.459 e. The second-order valence-electron chi connectivity index (χ2n) is 5.71. The van der Waals surface area contributed by atoms with Gasteiger partial charge in [-0.2, -0.15) is 0 Å². The molecule has 0 heterocycles. The van der Waals surface area contributed by atoms with Gasteiger partial charge in [0.15, 0.2) is 0 Å². The minimum absolute atomic E-state index is 0.0777. The SMILES string of the molecule is C=CC(=O)OCC(C)OC(=O)CCCCCCCCCCC. The van der Waals surface area contributed by atoms with Crippen molar-refractivity contribution < 1.29 is 19.1 Å². The van der Waals surface area contributed by atoms with Crippen LogP contribution in [0.4, 0.5) is 0 Å². The van der Waals surface area contributed by atoms with E-state index in [4.69, 9.17) is 9.47 Å². The molecular weight excluding hydrogens is 280 g/mol. The Morgan fingerprint density at radius 1 is 1.00 bits per heavy atom. The Morgan fingerprint density at radius 2 is 1.55 bits per heavy atom. The monoisotopic (exact) mass is 312 g/mol. The van der Waals surface area contributed by atoms with Gasteiger partial charge in [-0.15, -0.1) is 0 Å². The van der Waals surface area contributed by atoms with E-state index in [0.717, 1.165) is 18.9 Å². The molecule has 1 unspecified atom stereocenters. The van der Waals surface area contributed by atoms with Gasteiger partial charge in [0.1, 0.15) is 12.7 Å². The third-order valence-corrected chi connectivity index (χ3v) is 3.44. The van der Waals surface area contributed by atoms with Crippen LogP contribution in [0.5, 0.6) is 0 Å². The van der Waals surface area contributed by atoms with Crippen molar-refractivity contribution in [3.63, 3.8) is 0 Å². The summed E-state index contributed by atoms with van der Waals surface area (Å²) in [7, 11) is 0. The zero-order valence-electron chi connectivity index (χ0n) is 14.3. The predicted octanol–water partition coefficient (Wildman–Crippen LogP) is 4.57. The molecule has 4 heteroatoms. The summed E-state index contributed by atoms with van der Waals surface area (Å²) in [5.41, 5.74) is 0. The molecule has 0 aliphatic heterocycles. The molecule has 0 aliphatic carbocycles. The Balaban J connectivity index is 3.42. The van der Waals surface area contributed by atoms with Crippen molar-refractivity contribution in [2.45, 2.75) is 84.2 Å². The zero-order valence-corrected chi connectivity index (χ0v) is 14.3. The van der Waals surface area contributed by atoms with Crippen LogP contribution >= 0.6 is 0 Å². The van der Waals surface area contributed by atoms with E-state index >= 15 is 0 Å². The van der Waals surface area contributed by atoms with E-state index in [-0.39, 0.29) is 12.6 Å². The quantitative estimate of drug-likeness (QED) is 0.268. The topological polar surface area (TPSA) is 52.6 Å². The highest BCUT2D eigenvalue weighted by Gasteiger charge is 2.10. The number of ether oxygens (including phenoxy) is 2. The summed E-state index contributed by atoms with van der Waals surface area (Å²) in [6.45, 7) is 7.32. The summed E-state index contributed by atoms with van der Waals surface area (Å²) in [5, 5.41) is 0. The van der Waals surface area contributed by atoms with Crippen molar-refractivity contribution in [1.82, 2.24) is 0 Å². The Kier molecular flexibility index (Phi) is 13.7. The van der Waals surface area contributed by atoms with Gasteiger partial charge in [0.05, 0.1) is 0 Å². The molecule has 4 nitrogen and oxygen atoms in total. The first-order valence-corrected chi connectivity index (χ1v) is 8.58. The fourth-order valence-corrected chi connectivity index (χ4v) is 2.16. The highest BCUT2D eigenvalue weighted by atomic mass is 16.6. The third-order valence-electron chi connectivity index (χ3n) is 3.44. The van der Waals surface area contributed by atoms with Crippen molar-refractivity contribution in [2.75, 3.05) is 6.61 Å². The van der Waals surface area contributed by atoms with E-state index < -0.39 is 12.1 Å². The van der Waals surface area contributed by atoms with E-state index in [0.29, 0.717) is 6.42 Å². The van der Waals surface area contributed by atoms with Crippen molar-refractivity contribution in [1.29, 1.82) is 0 Å². The molecule has 0 saturated carbocycles. The highest BCUT2D eigenvalue weighted by molar-refractivity contribution is 5.81. The van der Waals surface area contributed by atoms with E-state index in [1.54, 1.807) is 6.92 Å². The predicted molar refractivity (Wildman–Crippen MR) is 88.6 cm³/mol. The van der Waals surface area contributed by atoms with Gasteiger partial charge in [0.2, 0.25) is 0 Å². The Morgan fingerprint density at radius 3 is 2.09 bits per heavy atom. The minimum atomic E-state index is -0.498.